The van der Waals surface area contributed by atoms with Crippen LogP contribution in [0.2, 0.25) is 0 Å². The van der Waals surface area contributed by atoms with Crippen LogP contribution in [0.3, 0.4) is 0 Å². The van der Waals surface area contributed by atoms with Crippen LogP contribution in [0, 0.1) is 0 Å². The van der Waals surface area contributed by atoms with E-state index in [-0.39, 0.29) is 6.04 Å². The normalized spacial score (nSPS) is 22.0. The van der Waals surface area contributed by atoms with Crippen molar-refractivity contribution < 1.29 is 8.42 Å². The predicted octanol–water partition coefficient (Wildman–Crippen LogP) is 1.56. The quantitative estimate of drug-likeness (QED) is 0.843. The monoisotopic (exact) mass is 349 g/mol. The highest BCUT2D eigenvalue weighted by atomic mass is 32.2. The van der Waals surface area contributed by atoms with Crippen molar-refractivity contribution in [1.82, 2.24) is 23.6 Å². The summed E-state index contributed by atoms with van der Waals surface area (Å²) in [5.74, 6) is 0.812. The van der Waals surface area contributed by atoms with Gasteiger partial charge in [-0.1, -0.05) is 0 Å². The van der Waals surface area contributed by atoms with Gasteiger partial charge in [-0.2, -0.15) is 9.40 Å². The third-order valence-electron chi connectivity index (χ3n) is 5.17. The van der Waals surface area contributed by atoms with E-state index in [2.05, 4.69) is 10.1 Å². The first kappa shape index (κ1) is 15.8. The first-order valence-corrected chi connectivity index (χ1v) is 9.98. The van der Waals surface area contributed by atoms with Crippen molar-refractivity contribution >= 4 is 10.0 Å². The third-order valence-corrected chi connectivity index (χ3v) is 7.23. The number of aryl methyl sites for hydroxylation is 3. The summed E-state index contributed by atoms with van der Waals surface area (Å²) >= 11 is 0. The molecule has 0 N–H and O–H groups in total. The molecule has 0 amide bonds. The Morgan fingerprint density at radius 3 is 2.71 bits per heavy atom. The van der Waals surface area contributed by atoms with Crippen molar-refractivity contribution in [1.29, 1.82) is 0 Å². The lowest BCUT2D eigenvalue weighted by Gasteiger charge is -2.24. The molecule has 1 fully saturated rings. The summed E-state index contributed by atoms with van der Waals surface area (Å²) < 4.78 is 32.0. The van der Waals surface area contributed by atoms with E-state index in [0.717, 1.165) is 55.6 Å². The Bertz CT molecular complexity index is 867. The van der Waals surface area contributed by atoms with Crippen molar-refractivity contribution in [3.8, 4) is 0 Å². The molecule has 3 heterocycles. The topological polar surface area (TPSA) is 73.0 Å². The van der Waals surface area contributed by atoms with Gasteiger partial charge in [0.25, 0.3) is 10.0 Å². The molecule has 7 nitrogen and oxygen atoms in total. The Labute approximate surface area is 142 Å². The van der Waals surface area contributed by atoms with Gasteiger partial charge in [-0.15, -0.1) is 0 Å². The molecule has 0 radical (unpaired) electrons. The van der Waals surface area contributed by atoms with E-state index >= 15 is 0 Å². The van der Waals surface area contributed by atoms with E-state index < -0.39 is 10.0 Å². The van der Waals surface area contributed by atoms with Crippen LogP contribution in [0.5, 0.6) is 0 Å². The average molecular weight is 349 g/mol. The minimum absolute atomic E-state index is 0.191. The van der Waals surface area contributed by atoms with E-state index in [1.165, 1.54) is 0 Å². The molecule has 24 heavy (non-hydrogen) atoms. The zero-order chi connectivity index (χ0) is 16.9. The maximum absolute atomic E-state index is 13.4. The zero-order valence-corrected chi connectivity index (χ0v) is 15.0. The van der Waals surface area contributed by atoms with Crippen molar-refractivity contribution in [2.45, 2.75) is 49.6 Å². The van der Waals surface area contributed by atoms with Gasteiger partial charge in [-0.3, -0.25) is 4.68 Å². The zero-order valence-electron chi connectivity index (χ0n) is 14.1. The number of hydrogen-bond acceptors (Lipinski definition) is 4. The molecule has 2 aromatic rings. The lowest BCUT2D eigenvalue weighted by molar-refractivity contribution is 0.372. The number of sulfonamides is 1. The average Bonchev–Trinajstić information content (AvgIpc) is 3.23. The fourth-order valence-electron chi connectivity index (χ4n) is 4.07. The lowest BCUT2D eigenvalue weighted by Crippen LogP contribution is -2.33. The van der Waals surface area contributed by atoms with E-state index in [1.807, 2.05) is 17.8 Å². The van der Waals surface area contributed by atoms with Crippen LogP contribution in [0.4, 0.5) is 0 Å². The predicted molar refractivity (Wildman–Crippen MR) is 88.9 cm³/mol. The van der Waals surface area contributed by atoms with Crippen molar-refractivity contribution in [2.75, 3.05) is 6.54 Å². The molecule has 1 atom stereocenters. The highest BCUT2D eigenvalue weighted by molar-refractivity contribution is 7.89. The van der Waals surface area contributed by atoms with Gasteiger partial charge in [0.05, 0.1) is 11.7 Å². The minimum atomic E-state index is -3.58. The van der Waals surface area contributed by atoms with Gasteiger partial charge < -0.3 is 4.57 Å². The van der Waals surface area contributed by atoms with Crippen LogP contribution in [0.15, 0.2) is 17.4 Å². The summed E-state index contributed by atoms with van der Waals surface area (Å²) in [6, 6.07) is -0.191. The van der Waals surface area contributed by atoms with Crippen LogP contribution in [0.1, 0.15) is 48.8 Å². The number of hydrogen-bond donors (Lipinski definition) is 0. The number of fused-ring (bicyclic) bond motifs is 1. The van der Waals surface area contributed by atoms with Crippen LogP contribution in [-0.4, -0.2) is 38.6 Å². The summed E-state index contributed by atoms with van der Waals surface area (Å²) in [6.45, 7) is 0.541. The van der Waals surface area contributed by atoms with Crippen LogP contribution in [-0.2, 0) is 37.0 Å². The molecule has 0 saturated carbocycles. The fourth-order valence-corrected chi connectivity index (χ4v) is 6.10. The fraction of sp³-hybridized carbons (Fsp3) is 0.625. The minimum Gasteiger partial charge on any atom is -0.337 e. The first-order chi connectivity index (χ1) is 11.5. The highest BCUT2D eigenvalue weighted by Crippen LogP contribution is 2.37. The number of rotatable bonds is 3. The second-order valence-electron chi connectivity index (χ2n) is 6.73. The van der Waals surface area contributed by atoms with Crippen LogP contribution >= 0.6 is 0 Å². The third kappa shape index (κ3) is 2.31. The summed E-state index contributed by atoms with van der Waals surface area (Å²) in [7, 11) is 0.0821. The molecule has 4 rings (SSSR count). The smallest absolute Gasteiger partial charge is 0.261 e. The Balaban J connectivity index is 1.78. The highest BCUT2D eigenvalue weighted by Gasteiger charge is 2.41. The molecule has 1 saturated heterocycles. The summed E-state index contributed by atoms with van der Waals surface area (Å²) in [4.78, 5) is 4.39. The van der Waals surface area contributed by atoms with Gasteiger partial charge in [-0.05, 0) is 38.5 Å². The standard InChI is InChI=1S/C16H23N5O2S/c1-19-11-9-17-15(19)14-8-5-10-21(14)24(22,23)16-12-6-3-4-7-13(12)18-20(16)2/h9,11,14H,3-8,10H2,1-2H3/t14-/m0/s1. The summed E-state index contributed by atoms with van der Waals surface area (Å²) in [6.07, 6.45) is 9.06. The summed E-state index contributed by atoms with van der Waals surface area (Å²) in [5, 5.41) is 4.87. The van der Waals surface area contributed by atoms with Gasteiger partial charge in [0.2, 0.25) is 0 Å². The maximum Gasteiger partial charge on any atom is 0.261 e. The molecule has 2 aliphatic rings. The van der Waals surface area contributed by atoms with Crippen LogP contribution in [0.25, 0.3) is 0 Å². The first-order valence-electron chi connectivity index (χ1n) is 8.54. The molecule has 0 bridgehead atoms. The molecule has 2 aromatic heterocycles. The van der Waals surface area contributed by atoms with Crippen molar-refractivity contribution in [2.24, 2.45) is 14.1 Å². The van der Waals surface area contributed by atoms with E-state index in [0.29, 0.717) is 11.6 Å². The molecule has 0 aromatic carbocycles. The van der Waals surface area contributed by atoms with Gasteiger partial charge >= 0.3 is 0 Å². The van der Waals surface area contributed by atoms with E-state index in [1.54, 1.807) is 22.2 Å². The molecule has 8 heteroatoms. The largest absolute Gasteiger partial charge is 0.337 e. The SMILES string of the molecule is Cn1ccnc1[C@@H]1CCCN1S(=O)(=O)c1c2c(nn1C)CCCC2. The Morgan fingerprint density at radius 1 is 1.17 bits per heavy atom. The molecule has 1 aliphatic heterocycles. The number of aromatic nitrogens is 4. The van der Waals surface area contributed by atoms with E-state index in [4.69, 9.17) is 0 Å². The van der Waals surface area contributed by atoms with Gasteiger partial charge in [-0.25, -0.2) is 13.4 Å². The molecular weight excluding hydrogens is 326 g/mol. The molecule has 0 unspecified atom stereocenters. The van der Waals surface area contributed by atoms with Crippen LogP contribution < -0.4 is 0 Å². The Hall–Kier alpha value is -1.67. The number of nitrogens with zero attached hydrogens (tertiary/aromatic N) is 5. The lowest BCUT2D eigenvalue weighted by atomic mass is 9.99. The number of imidazole rings is 1. The molecular formula is C16H23N5O2S. The van der Waals surface area contributed by atoms with E-state index in [9.17, 15) is 8.42 Å². The second-order valence-corrected chi connectivity index (χ2v) is 8.54. The Morgan fingerprint density at radius 2 is 1.96 bits per heavy atom. The van der Waals surface area contributed by atoms with Gasteiger partial charge in [0.1, 0.15) is 5.82 Å². The Kier molecular flexibility index (Phi) is 3.76. The summed E-state index contributed by atoms with van der Waals surface area (Å²) in [5.41, 5.74) is 1.88. The van der Waals surface area contributed by atoms with Gasteiger partial charge in [0, 0.05) is 38.6 Å². The molecule has 1 aliphatic carbocycles. The van der Waals surface area contributed by atoms with Crippen molar-refractivity contribution in [3.63, 3.8) is 0 Å². The second kappa shape index (κ2) is 5.70. The van der Waals surface area contributed by atoms with Gasteiger partial charge in [0.15, 0.2) is 5.03 Å². The maximum atomic E-state index is 13.4. The molecule has 0 spiro atoms. The van der Waals surface area contributed by atoms with Crippen molar-refractivity contribution in [3.05, 3.63) is 29.5 Å². The molecule has 130 valence electrons.